The van der Waals surface area contributed by atoms with Crippen LogP contribution in [-0.4, -0.2) is 13.7 Å². The first-order valence-electron chi connectivity index (χ1n) is 7.25. The normalized spacial score (nSPS) is 12.4. The van der Waals surface area contributed by atoms with Crippen LogP contribution in [0.25, 0.3) is 0 Å². The van der Waals surface area contributed by atoms with Gasteiger partial charge in [-0.15, -0.1) is 0 Å². The molecule has 0 saturated heterocycles. The van der Waals surface area contributed by atoms with E-state index in [9.17, 15) is 0 Å². The fraction of sp³-hybridized carbons (Fsp3) is 0.625. The van der Waals surface area contributed by atoms with Crippen LogP contribution in [-0.2, 0) is 0 Å². The quantitative estimate of drug-likeness (QED) is 0.638. The van der Waals surface area contributed by atoms with Gasteiger partial charge in [-0.05, 0) is 53.5 Å². The van der Waals surface area contributed by atoms with E-state index in [1.165, 1.54) is 37.7 Å². The third-order valence-electron chi connectivity index (χ3n) is 3.41. The second-order valence-corrected chi connectivity index (χ2v) is 5.84. The topological polar surface area (TPSA) is 21.3 Å². The van der Waals surface area contributed by atoms with E-state index < -0.39 is 0 Å². The fourth-order valence-electron chi connectivity index (χ4n) is 2.12. The van der Waals surface area contributed by atoms with E-state index in [2.05, 4.69) is 47.2 Å². The molecular formula is C16H26BrNO. The average molecular weight is 328 g/mol. The molecule has 0 radical (unpaired) electrons. The Labute approximate surface area is 126 Å². The summed E-state index contributed by atoms with van der Waals surface area (Å²) in [5.41, 5.74) is 1.29. The van der Waals surface area contributed by atoms with Gasteiger partial charge in [0.25, 0.3) is 0 Å². The van der Waals surface area contributed by atoms with E-state index >= 15 is 0 Å². The fourth-order valence-corrected chi connectivity index (χ4v) is 2.68. The van der Waals surface area contributed by atoms with Crippen LogP contribution in [0.15, 0.2) is 22.7 Å². The number of rotatable bonds is 9. The van der Waals surface area contributed by atoms with Crippen molar-refractivity contribution in [3.63, 3.8) is 0 Å². The molecule has 1 aromatic rings. The zero-order valence-corrected chi connectivity index (χ0v) is 13.9. The molecule has 2 nitrogen and oxygen atoms in total. The van der Waals surface area contributed by atoms with Crippen LogP contribution in [0.5, 0.6) is 5.75 Å². The van der Waals surface area contributed by atoms with E-state index in [0.717, 1.165) is 16.8 Å². The number of halogens is 1. The van der Waals surface area contributed by atoms with Crippen LogP contribution >= 0.6 is 15.9 Å². The standard InChI is InChI=1S/C16H26BrNO/c1-4-5-6-7-8-11-18-13(2)14-9-10-16(19-3)15(17)12-14/h9-10,12-13,18H,4-8,11H2,1-3H3. The number of nitrogens with one attached hydrogen (secondary N) is 1. The minimum absolute atomic E-state index is 0.383. The molecule has 1 aromatic carbocycles. The van der Waals surface area contributed by atoms with E-state index in [4.69, 9.17) is 4.74 Å². The summed E-state index contributed by atoms with van der Waals surface area (Å²) < 4.78 is 6.27. The number of hydrogen-bond acceptors (Lipinski definition) is 2. The lowest BCUT2D eigenvalue weighted by Crippen LogP contribution is -2.19. The highest BCUT2D eigenvalue weighted by molar-refractivity contribution is 9.10. The lowest BCUT2D eigenvalue weighted by atomic mass is 10.1. The third-order valence-corrected chi connectivity index (χ3v) is 4.03. The Hall–Kier alpha value is -0.540. The van der Waals surface area contributed by atoms with Crippen molar-refractivity contribution in [2.75, 3.05) is 13.7 Å². The van der Waals surface area contributed by atoms with Crippen molar-refractivity contribution in [2.24, 2.45) is 0 Å². The van der Waals surface area contributed by atoms with Crippen molar-refractivity contribution >= 4 is 15.9 Å². The molecule has 1 atom stereocenters. The summed E-state index contributed by atoms with van der Waals surface area (Å²) in [6.07, 6.45) is 6.63. The lowest BCUT2D eigenvalue weighted by Gasteiger charge is -2.15. The summed E-state index contributed by atoms with van der Waals surface area (Å²) in [6.45, 7) is 5.55. The maximum atomic E-state index is 5.25. The Bertz CT molecular complexity index is 368. The zero-order chi connectivity index (χ0) is 14.1. The van der Waals surface area contributed by atoms with Crippen molar-refractivity contribution in [1.82, 2.24) is 5.32 Å². The molecule has 0 saturated carbocycles. The molecule has 0 aliphatic carbocycles. The molecular weight excluding hydrogens is 302 g/mol. The average Bonchev–Trinajstić information content (AvgIpc) is 2.42. The Morgan fingerprint density at radius 1 is 1.21 bits per heavy atom. The molecule has 0 aromatic heterocycles. The van der Waals surface area contributed by atoms with Gasteiger partial charge in [-0.25, -0.2) is 0 Å². The predicted molar refractivity (Wildman–Crippen MR) is 85.9 cm³/mol. The van der Waals surface area contributed by atoms with Gasteiger partial charge in [-0.1, -0.05) is 38.7 Å². The molecule has 0 fully saturated rings. The second kappa shape index (κ2) is 9.38. The summed E-state index contributed by atoms with van der Waals surface area (Å²) in [5.74, 6) is 0.885. The van der Waals surface area contributed by atoms with E-state index in [1.54, 1.807) is 7.11 Å². The molecule has 1 rings (SSSR count). The number of unbranched alkanes of at least 4 members (excludes halogenated alkanes) is 4. The van der Waals surface area contributed by atoms with Crippen LogP contribution in [0.4, 0.5) is 0 Å². The summed E-state index contributed by atoms with van der Waals surface area (Å²) in [7, 11) is 1.69. The largest absolute Gasteiger partial charge is 0.496 e. The van der Waals surface area contributed by atoms with Crippen LogP contribution < -0.4 is 10.1 Å². The molecule has 0 aliphatic rings. The highest BCUT2D eigenvalue weighted by Gasteiger charge is 2.07. The summed E-state index contributed by atoms with van der Waals surface area (Å²) >= 11 is 3.53. The van der Waals surface area contributed by atoms with Crippen LogP contribution in [0.2, 0.25) is 0 Å². The van der Waals surface area contributed by atoms with Gasteiger partial charge in [-0.3, -0.25) is 0 Å². The monoisotopic (exact) mass is 327 g/mol. The lowest BCUT2D eigenvalue weighted by molar-refractivity contribution is 0.411. The minimum atomic E-state index is 0.383. The molecule has 0 aliphatic heterocycles. The smallest absolute Gasteiger partial charge is 0.133 e. The molecule has 1 unspecified atom stereocenters. The van der Waals surface area contributed by atoms with Gasteiger partial charge in [-0.2, -0.15) is 0 Å². The predicted octanol–water partition coefficient (Wildman–Crippen LogP) is 5.08. The molecule has 0 heterocycles. The van der Waals surface area contributed by atoms with Crippen LogP contribution in [0, 0.1) is 0 Å². The molecule has 108 valence electrons. The highest BCUT2D eigenvalue weighted by atomic mass is 79.9. The van der Waals surface area contributed by atoms with Crippen LogP contribution in [0.3, 0.4) is 0 Å². The minimum Gasteiger partial charge on any atom is -0.496 e. The molecule has 0 spiro atoms. The van der Waals surface area contributed by atoms with Gasteiger partial charge in [0.05, 0.1) is 11.6 Å². The van der Waals surface area contributed by atoms with Crippen molar-refractivity contribution in [1.29, 1.82) is 0 Å². The Balaban J connectivity index is 2.33. The Morgan fingerprint density at radius 3 is 2.58 bits per heavy atom. The van der Waals surface area contributed by atoms with Gasteiger partial charge >= 0.3 is 0 Å². The van der Waals surface area contributed by atoms with E-state index in [-0.39, 0.29) is 0 Å². The van der Waals surface area contributed by atoms with Crippen LogP contribution in [0.1, 0.15) is 57.6 Å². The van der Waals surface area contributed by atoms with Crippen molar-refractivity contribution in [3.8, 4) is 5.75 Å². The molecule has 3 heteroatoms. The van der Waals surface area contributed by atoms with Crippen molar-refractivity contribution in [2.45, 2.75) is 52.0 Å². The molecule has 0 amide bonds. The number of methoxy groups -OCH3 is 1. The van der Waals surface area contributed by atoms with Crippen molar-refractivity contribution < 1.29 is 4.74 Å². The number of benzene rings is 1. The first-order valence-corrected chi connectivity index (χ1v) is 8.05. The Morgan fingerprint density at radius 2 is 1.95 bits per heavy atom. The first kappa shape index (κ1) is 16.5. The van der Waals surface area contributed by atoms with Gasteiger partial charge in [0.2, 0.25) is 0 Å². The van der Waals surface area contributed by atoms with Gasteiger partial charge < -0.3 is 10.1 Å². The molecule has 1 N–H and O–H groups in total. The highest BCUT2D eigenvalue weighted by Crippen LogP contribution is 2.27. The molecule has 19 heavy (non-hydrogen) atoms. The number of ether oxygens (including phenoxy) is 1. The van der Waals surface area contributed by atoms with E-state index in [1.807, 2.05) is 6.07 Å². The summed E-state index contributed by atoms with van der Waals surface area (Å²) in [6, 6.07) is 6.65. The zero-order valence-electron chi connectivity index (χ0n) is 12.3. The second-order valence-electron chi connectivity index (χ2n) is 4.98. The van der Waals surface area contributed by atoms with Crippen molar-refractivity contribution in [3.05, 3.63) is 28.2 Å². The summed E-state index contributed by atoms with van der Waals surface area (Å²) in [4.78, 5) is 0. The Kier molecular flexibility index (Phi) is 8.15. The SMILES string of the molecule is CCCCCCCNC(C)c1ccc(OC)c(Br)c1. The maximum Gasteiger partial charge on any atom is 0.133 e. The molecule has 0 bridgehead atoms. The third kappa shape index (κ3) is 5.96. The van der Waals surface area contributed by atoms with Gasteiger partial charge in [0, 0.05) is 6.04 Å². The van der Waals surface area contributed by atoms with Gasteiger partial charge in [0.1, 0.15) is 5.75 Å². The first-order chi connectivity index (χ1) is 9.19. The number of hydrogen-bond donors (Lipinski definition) is 1. The maximum absolute atomic E-state index is 5.25. The van der Waals surface area contributed by atoms with Gasteiger partial charge in [0.15, 0.2) is 0 Å². The summed E-state index contributed by atoms with van der Waals surface area (Å²) in [5, 5.41) is 3.58. The van der Waals surface area contributed by atoms with E-state index in [0.29, 0.717) is 6.04 Å².